The zero-order chi connectivity index (χ0) is 24.1. The molecule has 8 heteroatoms. The fourth-order valence-corrected chi connectivity index (χ4v) is 5.84. The molecule has 4 rings (SSSR count). The third-order valence-electron chi connectivity index (χ3n) is 6.01. The lowest BCUT2D eigenvalue weighted by atomic mass is 9.88. The average Bonchev–Trinajstić information content (AvgIpc) is 2.84. The normalized spacial score (nSPS) is 18.1. The summed E-state index contributed by atoms with van der Waals surface area (Å²) >= 11 is 20.4. The van der Waals surface area contributed by atoms with E-state index in [2.05, 4.69) is 21.8 Å². The Labute approximate surface area is 219 Å². The van der Waals surface area contributed by atoms with Gasteiger partial charge in [-0.25, -0.2) is 4.79 Å². The number of hydrogen-bond acceptors (Lipinski definition) is 5. The summed E-state index contributed by atoms with van der Waals surface area (Å²) in [6, 6.07) is 21.3. The van der Waals surface area contributed by atoms with Crippen LogP contribution in [0, 0.1) is 5.92 Å². The van der Waals surface area contributed by atoms with Crippen LogP contribution in [-0.2, 0) is 4.74 Å². The van der Waals surface area contributed by atoms with Gasteiger partial charge in [-0.05, 0) is 84.8 Å². The van der Waals surface area contributed by atoms with Crippen molar-refractivity contribution >= 4 is 58.4 Å². The van der Waals surface area contributed by atoms with Crippen molar-refractivity contribution in [2.24, 2.45) is 5.92 Å². The molecule has 178 valence electrons. The van der Waals surface area contributed by atoms with Crippen LogP contribution in [0.25, 0.3) is 0 Å². The van der Waals surface area contributed by atoms with Crippen molar-refractivity contribution in [1.29, 1.82) is 0 Å². The van der Waals surface area contributed by atoms with Crippen LogP contribution in [0.2, 0.25) is 15.1 Å². The van der Waals surface area contributed by atoms with Gasteiger partial charge < -0.3 is 9.64 Å². The second-order valence-corrected chi connectivity index (χ2v) is 10.4. The number of benzene rings is 3. The van der Waals surface area contributed by atoms with E-state index in [4.69, 9.17) is 39.5 Å². The third kappa shape index (κ3) is 6.02. The Bertz CT molecular complexity index is 1140. The number of piperidine rings is 1. The summed E-state index contributed by atoms with van der Waals surface area (Å²) in [6.45, 7) is 1.66. The van der Waals surface area contributed by atoms with Gasteiger partial charge in [-0.15, -0.1) is 0 Å². The highest BCUT2D eigenvalue weighted by molar-refractivity contribution is 7.97. The SMILES string of the molecule is COC(=O)c1ccccc1SNCC1CCC(c2ccc(Cl)cc2Cl)N(c2ccc(Cl)cc2)C1. The first-order valence-electron chi connectivity index (χ1n) is 11.0. The summed E-state index contributed by atoms with van der Waals surface area (Å²) in [6.07, 6.45) is 2.00. The van der Waals surface area contributed by atoms with E-state index in [1.807, 2.05) is 48.5 Å². The predicted molar refractivity (Wildman–Crippen MR) is 142 cm³/mol. The number of rotatable bonds is 7. The Morgan fingerprint density at radius 2 is 1.76 bits per heavy atom. The zero-order valence-electron chi connectivity index (χ0n) is 18.6. The summed E-state index contributed by atoms with van der Waals surface area (Å²) in [5.41, 5.74) is 2.74. The topological polar surface area (TPSA) is 41.6 Å². The Morgan fingerprint density at radius 3 is 2.50 bits per heavy atom. The molecule has 0 bridgehead atoms. The van der Waals surface area contributed by atoms with Gasteiger partial charge in [0.2, 0.25) is 0 Å². The van der Waals surface area contributed by atoms with Gasteiger partial charge >= 0.3 is 5.97 Å². The smallest absolute Gasteiger partial charge is 0.339 e. The van der Waals surface area contributed by atoms with Crippen LogP contribution in [0.5, 0.6) is 0 Å². The molecule has 1 fully saturated rings. The molecule has 0 spiro atoms. The Morgan fingerprint density at radius 1 is 1.03 bits per heavy atom. The molecule has 4 nitrogen and oxygen atoms in total. The van der Waals surface area contributed by atoms with Gasteiger partial charge in [0, 0.05) is 38.7 Å². The van der Waals surface area contributed by atoms with Gasteiger partial charge in [0.05, 0.1) is 18.7 Å². The number of methoxy groups -OCH3 is 1. The third-order valence-corrected chi connectivity index (χ3v) is 7.71. The minimum absolute atomic E-state index is 0.148. The maximum Gasteiger partial charge on any atom is 0.339 e. The number of nitrogens with zero attached hydrogens (tertiary/aromatic N) is 1. The average molecular weight is 536 g/mol. The van der Waals surface area contributed by atoms with Gasteiger partial charge in [0.1, 0.15) is 0 Å². The standard InChI is InChI=1S/C26H25Cl3N2O2S/c1-33-26(32)22-4-2-3-5-25(22)34-30-15-17-6-13-24(21-12-9-19(28)14-23(21)29)31(16-17)20-10-7-18(27)8-11-20/h2-5,7-12,14,17,24,30H,6,13,15-16H2,1H3. The molecule has 1 aliphatic heterocycles. The van der Waals surface area contributed by atoms with Crippen LogP contribution in [0.4, 0.5) is 5.69 Å². The Kier molecular flexibility index (Phi) is 8.67. The monoisotopic (exact) mass is 534 g/mol. The molecule has 1 N–H and O–H groups in total. The minimum atomic E-state index is -0.334. The molecule has 3 aromatic carbocycles. The highest BCUT2D eigenvalue weighted by atomic mass is 35.5. The largest absolute Gasteiger partial charge is 0.465 e. The van der Waals surface area contributed by atoms with Gasteiger partial charge in [-0.1, -0.05) is 53.0 Å². The van der Waals surface area contributed by atoms with E-state index in [1.165, 1.54) is 19.1 Å². The summed E-state index contributed by atoms with van der Waals surface area (Å²) in [5.74, 6) is 0.0787. The molecular formula is C26H25Cl3N2O2S. The van der Waals surface area contributed by atoms with Crippen molar-refractivity contribution in [1.82, 2.24) is 4.72 Å². The second-order valence-electron chi connectivity index (χ2n) is 8.19. The molecule has 1 heterocycles. The molecule has 0 saturated carbocycles. The first-order valence-corrected chi connectivity index (χ1v) is 13.0. The number of ether oxygens (including phenoxy) is 1. The van der Waals surface area contributed by atoms with Gasteiger partial charge in [-0.3, -0.25) is 4.72 Å². The fourth-order valence-electron chi connectivity index (χ4n) is 4.30. The number of esters is 1. The number of carbonyl (C=O) groups excluding carboxylic acids is 1. The highest BCUT2D eigenvalue weighted by Gasteiger charge is 2.31. The predicted octanol–water partition coefficient (Wildman–Crippen LogP) is 7.69. The molecular weight excluding hydrogens is 511 g/mol. The van der Waals surface area contributed by atoms with Crippen molar-refractivity contribution in [3.63, 3.8) is 0 Å². The molecule has 1 aliphatic rings. The molecule has 0 aromatic heterocycles. The lowest BCUT2D eigenvalue weighted by Crippen LogP contribution is -2.41. The van der Waals surface area contributed by atoms with E-state index in [0.29, 0.717) is 26.5 Å². The summed E-state index contributed by atoms with van der Waals surface area (Å²) in [5, 5.41) is 2.03. The maximum absolute atomic E-state index is 12.0. The van der Waals surface area contributed by atoms with Crippen LogP contribution in [-0.4, -0.2) is 26.2 Å². The van der Waals surface area contributed by atoms with Crippen molar-refractivity contribution < 1.29 is 9.53 Å². The molecule has 2 unspecified atom stereocenters. The summed E-state index contributed by atoms with van der Waals surface area (Å²) in [7, 11) is 1.40. The van der Waals surface area contributed by atoms with Crippen LogP contribution in [0.15, 0.2) is 71.6 Å². The summed E-state index contributed by atoms with van der Waals surface area (Å²) < 4.78 is 8.36. The lowest BCUT2D eigenvalue weighted by molar-refractivity contribution is 0.0597. The van der Waals surface area contributed by atoms with Crippen molar-refractivity contribution in [3.05, 3.63) is 92.9 Å². The first kappa shape index (κ1) is 25.2. The quantitative estimate of drug-likeness (QED) is 0.248. The Hall–Kier alpha value is -1.89. The van der Waals surface area contributed by atoms with Gasteiger partial charge in [0.25, 0.3) is 0 Å². The zero-order valence-corrected chi connectivity index (χ0v) is 21.7. The number of hydrogen-bond donors (Lipinski definition) is 1. The first-order chi connectivity index (χ1) is 16.5. The second kappa shape index (κ2) is 11.7. The number of anilines is 1. The van der Waals surface area contributed by atoms with Gasteiger partial charge in [0.15, 0.2) is 0 Å². The molecule has 1 saturated heterocycles. The van der Waals surface area contributed by atoms with E-state index in [1.54, 1.807) is 6.07 Å². The maximum atomic E-state index is 12.0. The number of halogens is 3. The fraction of sp³-hybridized carbons (Fsp3) is 0.269. The number of nitrogens with one attached hydrogen (secondary N) is 1. The minimum Gasteiger partial charge on any atom is -0.465 e. The van der Waals surface area contributed by atoms with Crippen molar-refractivity contribution in [3.8, 4) is 0 Å². The van der Waals surface area contributed by atoms with Crippen molar-refractivity contribution in [2.45, 2.75) is 23.8 Å². The molecule has 34 heavy (non-hydrogen) atoms. The molecule has 0 radical (unpaired) electrons. The summed E-state index contributed by atoms with van der Waals surface area (Å²) in [4.78, 5) is 15.3. The van der Waals surface area contributed by atoms with Crippen molar-refractivity contribution in [2.75, 3.05) is 25.1 Å². The van der Waals surface area contributed by atoms with E-state index >= 15 is 0 Å². The van der Waals surface area contributed by atoms with Crippen LogP contribution in [0.3, 0.4) is 0 Å². The molecule has 0 amide bonds. The van der Waals surface area contributed by atoms with Crippen LogP contribution < -0.4 is 9.62 Å². The van der Waals surface area contributed by atoms with E-state index in [9.17, 15) is 4.79 Å². The van der Waals surface area contributed by atoms with Crippen LogP contribution in [0.1, 0.15) is 34.8 Å². The van der Waals surface area contributed by atoms with Crippen LogP contribution >= 0.6 is 46.8 Å². The lowest BCUT2D eigenvalue weighted by Gasteiger charge is -2.42. The molecule has 0 aliphatic carbocycles. The van der Waals surface area contributed by atoms with E-state index < -0.39 is 0 Å². The van der Waals surface area contributed by atoms with E-state index in [-0.39, 0.29) is 12.0 Å². The molecule has 3 aromatic rings. The number of carbonyl (C=O) groups is 1. The Balaban J connectivity index is 1.48. The van der Waals surface area contributed by atoms with E-state index in [0.717, 1.165) is 42.1 Å². The molecule has 2 atom stereocenters. The van der Waals surface area contributed by atoms with Gasteiger partial charge in [-0.2, -0.15) is 0 Å². The highest BCUT2D eigenvalue weighted by Crippen LogP contribution is 2.40.